The van der Waals surface area contributed by atoms with Crippen LogP contribution in [0.1, 0.15) is 27.9 Å². The summed E-state index contributed by atoms with van der Waals surface area (Å²) >= 11 is 0. The number of carbonyl (C=O) groups excluding carboxylic acids is 1. The van der Waals surface area contributed by atoms with E-state index in [0.29, 0.717) is 18.0 Å². The van der Waals surface area contributed by atoms with Crippen LogP contribution in [-0.4, -0.2) is 44.0 Å². The summed E-state index contributed by atoms with van der Waals surface area (Å²) in [7, 11) is 2.12. The molecule has 1 unspecified atom stereocenters. The third-order valence-corrected chi connectivity index (χ3v) is 3.71. The number of hydrogen-bond donors (Lipinski definition) is 2. The van der Waals surface area contributed by atoms with Crippen LogP contribution in [0.15, 0.2) is 18.2 Å². The van der Waals surface area contributed by atoms with Gasteiger partial charge in [0.1, 0.15) is 0 Å². The largest absolute Gasteiger partial charge is 0.352 e. The van der Waals surface area contributed by atoms with E-state index in [0.717, 1.165) is 37.2 Å². The molecular formula is C17H23N3O. The van der Waals surface area contributed by atoms with E-state index >= 15 is 0 Å². The molecule has 0 aliphatic carbocycles. The number of carbonyl (C=O) groups is 1. The molecule has 2 rings (SSSR count). The summed E-state index contributed by atoms with van der Waals surface area (Å²) in [6, 6.07) is 5.68. The van der Waals surface area contributed by atoms with Crippen molar-refractivity contribution >= 4 is 5.91 Å². The molecule has 0 aromatic heterocycles. The molecule has 3 N–H and O–H groups in total. The maximum absolute atomic E-state index is 12.3. The quantitative estimate of drug-likeness (QED) is 0.814. The molecule has 21 heavy (non-hydrogen) atoms. The number of aryl methyl sites for hydroxylation is 1. The lowest BCUT2D eigenvalue weighted by Gasteiger charge is -2.12. The van der Waals surface area contributed by atoms with Crippen molar-refractivity contribution in [2.45, 2.75) is 13.3 Å². The molecule has 0 spiro atoms. The Hall–Kier alpha value is -1.83. The Balaban J connectivity index is 1.99. The minimum atomic E-state index is -0.0240. The predicted octanol–water partition coefficient (Wildman–Crippen LogP) is 0.987. The van der Waals surface area contributed by atoms with Gasteiger partial charge in [0.05, 0.1) is 6.54 Å². The summed E-state index contributed by atoms with van der Waals surface area (Å²) in [6.45, 7) is 5.20. The van der Waals surface area contributed by atoms with Gasteiger partial charge in [0.25, 0.3) is 5.91 Å². The van der Waals surface area contributed by atoms with Gasteiger partial charge in [0.2, 0.25) is 0 Å². The third-order valence-electron chi connectivity index (χ3n) is 3.71. The Bertz CT molecular complexity index is 571. The average Bonchev–Trinajstić information content (AvgIpc) is 2.87. The fourth-order valence-electron chi connectivity index (χ4n) is 2.67. The molecule has 1 aliphatic heterocycles. The highest BCUT2D eigenvalue weighted by Gasteiger charge is 2.20. The first kappa shape index (κ1) is 15.6. The highest BCUT2D eigenvalue weighted by Crippen LogP contribution is 2.14. The van der Waals surface area contributed by atoms with E-state index in [1.54, 1.807) is 0 Å². The van der Waals surface area contributed by atoms with E-state index in [9.17, 15) is 4.79 Å². The lowest BCUT2D eigenvalue weighted by atomic mass is 10.1. The Kier molecular flexibility index (Phi) is 5.38. The van der Waals surface area contributed by atoms with Crippen LogP contribution in [0.5, 0.6) is 0 Å². The zero-order chi connectivity index (χ0) is 15.2. The van der Waals surface area contributed by atoms with E-state index < -0.39 is 0 Å². The Morgan fingerprint density at radius 1 is 1.48 bits per heavy atom. The van der Waals surface area contributed by atoms with Gasteiger partial charge in [0.15, 0.2) is 0 Å². The number of likely N-dealkylation sites (tertiary alicyclic amines) is 1. The SMILES string of the molecule is Cc1cc(C#CCN)cc(C(=O)NCC2CCN(C)C2)c1. The van der Waals surface area contributed by atoms with Gasteiger partial charge in [-0.25, -0.2) is 0 Å². The number of nitrogens with one attached hydrogen (secondary N) is 1. The van der Waals surface area contributed by atoms with Crippen LogP contribution in [0, 0.1) is 24.7 Å². The smallest absolute Gasteiger partial charge is 0.251 e. The summed E-state index contributed by atoms with van der Waals surface area (Å²) in [6.07, 6.45) is 1.15. The van der Waals surface area contributed by atoms with Crippen LogP contribution in [-0.2, 0) is 0 Å². The lowest BCUT2D eigenvalue weighted by Crippen LogP contribution is -2.30. The van der Waals surface area contributed by atoms with Gasteiger partial charge in [-0.15, -0.1) is 0 Å². The monoisotopic (exact) mass is 285 g/mol. The van der Waals surface area contributed by atoms with Crippen molar-refractivity contribution in [1.29, 1.82) is 0 Å². The molecule has 0 bridgehead atoms. The van der Waals surface area contributed by atoms with Crippen molar-refractivity contribution in [3.05, 3.63) is 34.9 Å². The van der Waals surface area contributed by atoms with E-state index in [2.05, 4.69) is 29.1 Å². The van der Waals surface area contributed by atoms with Crippen molar-refractivity contribution < 1.29 is 4.79 Å². The topological polar surface area (TPSA) is 58.4 Å². The zero-order valence-corrected chi connectivity index (χ0v) is 12.8. The molecule has 4 heteroatoms. The zero-order valence-electron chi connectivity index (χ0n) is 12.8. The Morgan fingerprint density at radius 3 is 2.95 bits per heavy atom. The summed E-state index contributed by atoms with van der Waals surface area (Å²) in [5.41, 5.74) is 7.92. The molecule has 1 aromatic rings. The predicted molar refractivity (Wildman–Crippen MR) is 85.0 cm³/mol. The number of nitrogens with zero attached hydrogens (tertiary/aromatic N) is 1. The Morgan fingerprint density at radius 2 is 2.29 bits per heavy atom. The van der Waals surface area contributed by atoms with Crippen LogP contribution < -0.4 is 11.1 Å². The first-order valence-electron chi connectivity index (χ1n) is 7.36. The normalized spacial score (nSPS) is 18.1. The summed E-state index contributed by atoms with van der Waals surface area (Å²) < 4.78 is 0. The minimum absolute atomic E-state index is 0.0240. The van der Waals surface area contributed by atoms with Gasteiger partial charge in [-0.05, 0) is 56.6 Å². The average molecular weight is 285 g/mol. The molecule has 112 valence electrons. The second-order valence-electron chi connectivity index (χ2n) is 5.72. The first-order chi connectivity index (χ1) is 10.1. The molecule has 1 amide bonds. The number of amides is 1. The van der Waals surface area contributed by atoms with Crippen LogP contribution >= 0.6 is 0 Å². The molecule has 1 aromatic carbocycles. The molecule has 1 saturated heterocycles. The molecule has 4 nitrogen and oxygen atoms in total. The summed E-state index contributed by atoms with van der Waals surface area (Å²) in [4.78, 5) is 14.6. The molecule has 0 radical (unpaired) electrons. The highest BCUT2D eigenvalue weighted by molar-refractivity contribution is 5.94. The van der Waals surface area contributed by atoms with E-state index in [1.165, 1.54) is 0 Å². The van der Waals surface area contributed by atoms with Gasteiger partial charge in [0, 0.05) is 24.2 Å². The van der Waals surface area contributed by atoms with Crippen LogP contribution in [0.4, 0.5) is 0 Å². The van der Waals surface area contributed by atoms with Crippen molar-refractivity contribution in [2.24, 2.45) is 11.7 Å². The summed E-state index contributed by atoms with van der Waals surface area (Å²) in [5.74, 6) is 6.33. The fraction of sp³-hybridized carbons (Fsp3) is 0.471. The maximum Gasteiger partial charge on any atom is 0.251 e. The fourth-order valence-corrected chi connectivity index (χ4v) is 2.67. The molecule has 0 saturated carbocycles. The standard InChI is InChI=1S/C17H23N3O/c1-13-8-14(4-3-6-18)10-16(9-13)17(21)19-11-15-5-7-20(2)12-15/h8-10,15H,5-7,11-12,18H2,1-2H3,(H,19,21). The highest BCUT2D eigenvalue weighted by atomic mass is 16.1. The van der Waals surface area contributed by atoms with Crippen LogP contribution in [0.3, 0.4) is 0 Å². The van der Waals surface area contributed by atoms with Gasteiger partial charge in [-0.2, -0.15) is 0 Å². The van der Waals surface area contributed by atoms with Crippen molar-refractivity contribution in [2.75, 3.05) is 33.2 Å². The van der Waals surface area contributed by atoms with Crippen LogP contribution in [0.2, 0.25) is 0 Å². The molecule has 1 heterocycles. The molecule has 1 aliphatic rings. The van der Waals surface area contributed by atoms with Gasteiger partial charge in [-0.1, -0.05) is 11.8 Å². The van der Waals surface area contributed by atoms with Crippen molar-refractivity contribution in [1.82, 2.24) is 10.2 Å². The third kappa shape index (κ3) is 4.59. The van der Waals surface area contributed by atoms with E-state index in [-0.39, 0.29) is 5.91 Å². The second kappa shape index (κ2) is 7.26. The molecule has 1 atom stereocenters. The minimum Gasteiger partial charge on any atom is -0.352 e. The van der Waals surface area contributed by atoms with Gasteiger partial charge < -0.3 is 16.0 Å². The first-order valence-corrected chi connectivity index (χ1v) is 7.36. The molecular weight excluding hydrogens is 262 g/mol. The van der Waals surface area contributed by atoms with E-state index in [1.807, 2.05) is 25.1 Å². The second-order valence-corrected chi connectivity index (χ2v) is 5.72. The number of hydrogen-bond acceptors (Lipinski definition) is 3. The number of nitrogens with two attached hydrogens (primary N) is 1. The van der Waals surface area contributed by atoms with Crippen LogP contribution in [0.25, 0.3) is 0 Å². The van der Waals surface area contributed by atoms with Crippen molar-refractivity contribution in [3.8, 4) is 11.8 Å². The van der Waals surface area contributed by atoms with Gasteiger partial charge in [-0.3, -0.25) is 4.79 Å². The lowest BCUT2D eigenvalue weighted by molar-refractivity contribution is 0.0947. The summed E-state index contributed by atoms with van der Waals surface area (Å²) in [5, 5.41) is 3.03. The maximum atomic E-state index is 12.3. The molecule has 1 fully saturated rings. The van der Waals surface area contributed by atoms with E-state index in [4.69, 9.17) is 5.73 Å². The van der Waals surface area contributed by atoms with Crippen molar-refractivity contribution in [3.63, 3.8) is 0 Å². The number of rotatable bonds is 3. The number of benzene rings is 1. The van der Waals surface area contributed by atoms with Gasteiger partial charge >= 0.3 is 0 Å². The Labute approximate surface area is 126 Å².